The molecular formula is C48H63Cl2N19O3. The van der Waals surface area contributed by atoms with Crippen LogP contribution < -0.4 is 28.1 Å². The van der Waals surface area contributed by atoms with Crippen molar-refractivity contribution in [3.8, 4) is 0 Å². The molecule has 2 aromatic carbocycles. The van der Waals surface area contributed by atoms with E-state index in [1.807, 2.05) is 104 Å². The number of nitrogen functional groups attached to an aromatic ring is 2. The van der Waals surface area contributed by atoms with Gasteiger partial charge in [-0.25, -0.2) is 29.3 Å². The van der Waals surface area contributed by atoms with Crippen LogP contribution in [-0.2, 0) is 27.7 Å². The van der Waals surface area contributed by atoms with Crippen LogP contribution in [0.5, 0.6) is 0 Å². The van der Waals surface area contributed by atoms with Crippen molar-refractivity contribution in [1.29, 1.82) is 0 Å². The summed E-state index contributed by atoms with van der Waals surface area (Å²) in [5.41, 5.74) is 15.9. The summed E-state index contributed by atoms with van der Waals surface area (Å²) in [5.74, 6) is 0.179. The molecule has 0 spiro atoms. The zero-order chi connectivity index (χ0) is 53.5. The van der Waals surface area contributed by atoms with Crippen molar-refractivity contribution in [2.45, 2.75) is 132 Å². The number of aromatic amines is 3. The van der Waals surface area contributed by atoms with Gasteiger partial charge in [0.2, 0.25) is 11.9 Å². The Morgan fingerprint density at radius 2 is 1.06 bits per heavy atom. The molecule has 24 heteroatoms. The summed E-state index contributed by atoms with van der Waals surface area (Å²) in [6, 6.07) is 11.9. The van der Waals surface area contributed by atoms with Gasteiger partial charge in [0.1, 0.15) is 5.39 Å². The van der Waals surface area contributed by atoms with Crippen molar-refractivity contribution >= 4 is 90.5 Å². The second-order valence-electron chi connectivity index (χ2n) is 21.7. The van der Waals surface area contributed by atoms with E-state index in [9.17, 15) is 14.4 Å². The molecule has 0 bridgehead atoms. The van der Waals surface area contributed by atoms with Crippen LogP contribution in [0.25, 0.3) is 55.4 Å². The van der Waals surface area contributed by atoms with Gasteiger partial charge in [-0.2, -0.15) is 15.1 Å². The number of hydrogen-bond acceptors (Lipinski definition) is 14. The lowest BCUT2D eigenvalue weighted by Crippen LogP contribution is -2.24. The number of H-pyrrole nitrogens is 3. The van der Waals surface area contributed by atoms with Gasteiger partial charge in [0, 0.05) is 16.6 Å². The van der Waals surface area contributed by atoms with Crippen molar-refractivity contribution in [3.05, 3.63) is 109 Å². The average Bonchev–Trinajstić information content (AvgIpc) is 4.10. The van der Waals surface area contributed by atoms with E-state index in [0.29, 0.717) is 37.9 Å². The molecule has 10 aromatic rings. The lowest BCUT2D eigenvalue weighted by Gasteiger charge is -2.21. The third kappa shape index (κ3) is 12.0. The molecule has 8 aromatic heterocycles. The Bertz CT molecular complexity index is 3600. The molecule has 22 nitrogen and oxygen atoms in total. The molecule has 0 radical (unpaired) electrons. The summed E-state index contributed by atoms with van der Waals surface area (Å²) >= 11 is 11.9. The van der Waals surface area contributed by atoms with Gasteiger partial charge >= 0.3 is 0 Å². The number of fused-ring (bicyclic) bond motifs is 5. The summed E-state index contributed by atoms with van der Waals surface area (Å²) in [7, 11) is 0. The maximum Gasteiger partial charge on any atom is 0.282 e. The number of halogens is 2. The summed E-state index contributed by atoms with van der Waals surface area (Å²) in [6.45, 7) is 30.8. The van der Waals surface area contributed by atoms with E-state index < -0.39 is 0 Å². The van der Waals surface area contributed by atoms with Crippen molar-refractivity contribution in [3.63, 3.8) is 0 Å². The Morgan fingerprint density at radius 3 is 1.65 bits per heavy atom. The van der Waals surface area contributed by atoms with Gasteiger partial charge in [-0.05, 0) is 128 Å². The summed E-state index contributed by atoms with van der Waals surface area (Å²) in [4.78, 5) is 66.5. The predicted molar refractivity (Wildman–Crippen MR) is 286 cm³/mol. The van der Waals surface area contributed by atoms with Crippen LogP contribution in [0, 0.1) is 0 Å². The normalized spacial score (nSPS) is 12.2. The fourth-order valence-electron chi connectivity index (χ4n) is 7.09. The van der Waals surface area contributed by atoms with E-state index in [1.54, 1.807) is 21.8 Å². The highest BCUT2D eigenvalue weighted by molar-refractivity contribution is 6.42. The maximum atomic E-state index is 11.5. The van der Waals surface area contributed by atoms with Gasteiger partial charge in [-0.3, -0.25) is 24.4 Å². The quantitative estimate of drug-likeness (QED) is 0.0960. The van der Waals surface area contributed by atoms with Gasteiger partial charge in [-0.1, -0.05) is 40.5 Å². The van der Waals surface area contributed by atoms with Gasteiger partial charge in [0.25, 0.3) is 16.7 Å². The van der Waals surface area contributed by atoms with Crippen molar-refractivity contribution in [2.75, 3.05) is 11.5 Å². The molecule has 382 valence electrons. The first-order chi connectivity index (χ1) is 33.3. The maximum absolute atomic E-state index is 11.5. The number of hydrogen-bond donors (Lipinski definition) is 5. The highest BCUT2D eigenvalue weighted by atomic mass is 35.5. The topological polar surface area (TPSA) is 291 Å². The van der Waals surface area contributed by atoms with E-state index >= 15 is 0 Å². The molecule has 0 fully saturated rings. The van der Waals surface area contributed by atoms with Gasteiger partial charge in [-0.15, -0.1) is 5.10 Å². The molecule has 0 amide bonds. The van der Waals surface area contributed by atoms with Crippen molar-refractivity contribution in [1.82, 2.24) is 83.3 Å². The Labute approximate surface area is 424 Å². The largest absolute Gasteiger partial charge is 0.369 e. The third-order valence-electron chi connectivity index (χ3n) is 10.6. The van der Waals surface area contributed by atoms with Gasteiger partial charge < -0.3 is 30.2 Å². The highest BCUT2D eigenvalue weighted by Gasteiger charge is 2.23. The fourth-order valence-corrected chi connectivity index (χ4v) is 7.41. The number of nitrogens with one attached hydrogen (secondary N) is 3. The molecule has 72 heavy (non-hydrogen) atoms. The van der Waals surface area contributed by atoms with Crippen LogP contribution in [0.4, 0.5) is 11.9 Å². The van der Waals surface area contributed by atoms with Crippen LogP contribution in [0.3, 0.4) is 0 Å². The number of nitrogens with two attached hydrogens (primary N) is 2. The number of para-hydroxylation sites is 2. The zero-order valence-corrected chi connectivity index (χ0v) is 44.8. The van der Waals surface area contributed by atoms with Crippen LogP contribution in [-0.4, -0.2) is 83.3 Å². The smallest absolute Gasteiger partial charge is 0.282 e. The first kappa shape index (κ1) is 53.9. The molecule has 0 saturated heterocycles. The van der Waals surface area contributed by atoms with Gasteiger partial charge in [0.05, 0.1) is 74.7 Å². The standard InChI is InChI=1S/C11H12Cl2N2.C11H14N2.C9H13N5O.C9H12N4O.C8H12N6O/c1-11(2,3)15-6-14-9-4-7(12)8(13)5-10(9)15;1-11(2,3)13-8-12-9-6-4-5-7-10(9)13;1-9(2,3)14-6-5(4-11-14)7(15)13-8(10)12-6;1-9(2,3)13-5-12-6-7(13)10-4-11-8(6)14;1-8(2,3)14-5-4(12-13-14)6(15)11-7(9)10-5/h4-6H,1-3H3;4-8H,1-3H3;4H,1-3H3,(H3,10,12,13,15);4-5H,1-3H3,(H,10,11,14);1-3H3,(H3,9,10,11,15). The average molecular weight is 1030 g/mol. The molecule has 8 heterocycles. The molecule has 0 aliphatic heterocycles. The molecule has 0 saturated carbocycles. The minimum Gasteiger partial charge on any atom is -0.369 e. The third-order valence-corrected chi connectivity index (χ3v) is 11.3. The van der Waals surface area contributed by atoms with E-state index in [2.05, 4.69) is 117 Å². The Hall–Kier alpha value is -7.46. The lowest BCUT2D eigenvalue weighted by molar-refractivity contribution is 0.356. The molecule has 10 rings (SSSR count). The van der Waals surface area contributed by atoms with E-state index in [1.165, 1.54) is 18.0 Å². The summed E-state index contributed by atoms with van der Waals surface area (Å²) in [6.07, 6.45) is 8.27. The minimum absolute atomic E-state index is 0.00803. The van der Waals surface area contributed by atoms with Crippen molar-refractivity contribution in [2.24, 2.45) is 0 Å². The second-order valence-corrected chi connectivity index (χ2v) is 22.5. The van der Waals surface area contributed by atoms with Crippen molar-refractivity contribution < 1.29 is 0 Å². The summed E-state index contributed by atoms with van der Waals surface area (Å²) < 4.78 is 9.44. The monoisotopic (exact) mass is 1020 g/mol. The first-order valence-corrected chi connectivity index (χ1v) is 23.5. The van der Waals surface area contributed by atoms with E-state index in [0.717, 1.165) is 16.6 Å². The Morgan fingerprint density at radius 1 is 0.528 bits per heavy atom. The number of aromatic nitrogens is 17. The van der Waals surface area contributed by atoms with Crippen LogP contribution in [0.2, 0.25) is 10.0 Å². The van der Waals surface area contributed by atoms with E-state index in [-0.39, 0.29) is 61.8 Å². The molecule has 0 atom stereocenters. The van der Waals surface area contributed by atoms with Crippen LogP contribution >= 0.6 is 23.2 Å². The van der Waals surface area contributed by atoms with Crippen LogP contribution in [0.15, 0.2) is 82.3 Å². The second kappa shape index (κ2) is 20.0. The SMILES string of the molecule is CC(C)(C)n1cnc2c(=O)[nH]cnc21.CC(C)(C)n1cnc2cc(Cl)c(Cl)cc21.CC(C)(C)n1cnc2ccccc21.CC(C)(C)n1ncc2c(=O)[nH]c(N)nc21.CC(C)(C)n1nnc2c(=O)[nH]c(N)nc21. The number of imidazole rings is 3. The number of nitrogens with zero attached hydrogens (tertiary/aromatic N) is 14. The lowest BCUT2D eigenvalue weighted by atomic mass is 10.1. The van der Waals surface area contributed by atoms with E-state index in [4.69, 9.17) is 34.7 Å². The molecule has 0 unspecified atom stereocenters. The molecular weight excluding hydrogens is 962 g/mol. The Kier molecular flexibility index (Phi) is 14.9. The zero-order valence-electron chi connectivity index (χ0n) is 43.2. The summed E-state index contributed by atoms with van der Waals surface area (Å²) in [5, 5.41) is 13.4. The molecule has 0 aliphatic rings. The minimum atomic E-state index is -0.368. The Balaban J connectivity index is 0.000000147. The number of anilines is 2. The molecule has 7 N–H and O–H groups in total. The highest BCUT2D eigenvalue weighted by Crippen LogP contribution is 2.30. The van der Waals surface area contributed by atoms with Crippen LogP contribution in [0.1, 0.15) is 104 Å². The number of benzene rings is 2. The number of rotatable bonds is 0. The predicted octanol–water partition coefficient (Wildman–Crippen LogP) is 8.07. The molecule has 0 aliphatic carbocycles. The van der Waals surface area contributed by atoms with Gasteiger partial charge in [0.15, 0.2) is 28.0 Å². The first-order valence-electron chi connectivity index (χ1n) is 22.8. The fraction of sp³-hybridized carbons (Fsp3) is 0.417.